The number of pyridine rings is 1. The van der Waals surface area contributed by atoms with E-state index in [-0.39, 0.29) is 34.8 Å². The van der Waals surface area contributed by atoms with E-state index in [9.17, 15) is 23.1 Å². The van der Waals surface area contributed by atoms with Gasteiger partial charge in [0.2, 0.25) is 5.88 Å². The first-order valence-electron chi connectivity index (χ1n) is 9.47. The maximum absolute atomic E-state index is 13.2. The zero-order chi connectivity index (χ0) is 23.0. The van der Waals surface area contributed by atoms with Crippen LogP contribution >= 0.6 is 11.8 Å². The van der Waals surface area contributed by atoms with Crippen LogP contribution in [-0.4, -0.2) is 31.8 Å². The molecule has 0 aliphatic heterocycles. The molecule has 0 fully saturated rings. The van der Waals surface area contributed by atoms with Gasteiger partial charge >= 0.3 is 11.2 Å². The predicted molar refractivity (Wildman–Crippen MR) is 116 cm³/mol. The molecule has 32 heavy (non-hydrogen) atoms. The Kier molecular flexibility index (Phi) is 5.64. The van der Waals surface area contributed by atoms with Crippen molar-refractivity contribution in [3.8, 4) is 17.3 Å². The van der Waals surface area contributed by atoms with Crippen LogP contribution in [0.15, 0.2) is 64.4 Å². The van der Waals surface area contributed by atoms with Crippen LogP contribution in [0.5, 0.6) is 11.6 Å². The molecular weight excluding hydrogens is 443 g/mol. The highest BCUT2D eigenvalue weighted by atomic mass is 32.2. The number of methoxy groups -OCH3 is 1. The summed E-state index contributed by atoms with van der Waals surface area (Å²) < 4.78 is 45.6. The number of aromatic hydroxyl groups is 1. The Balaban J connectivity index is 1.77. The normalized spacial score (nSPS) is 11.8. The molecule has 0 bridgehead atoms. The van der Waals surface area contributed by atoms with Gasteiger partial charge in [-0.3, -0.25) is 9.55 Å². The lowest BCUT2D eigenvalue weighted by Gasteiger charge is -2.12. The van der Waals surface area contributed by atoms with Crippen molar-refractivity contribution in [2.24, 2.45) is 0 Å². The first kappa shape index (κ1) is 21.8. The minimum Gasteiger partial charge on any atom is -0.495 e. The average molecular weight is 461 g/mol. The van der Waals surface area contributed by atoms with Crippen LogP contribution < -0.4 is 10.4 Å². The number of nitrogens with zero attached hydrogens (tertiary/aromatic N) is 3. The van der Waals surface area contributed by atoms with Crippen molar-refractivity contribution in [1.29, 1.82) is 0 Å². The number of ether oxygens (including phenoxy) is 1. The summed E-state index contributed by atoms with van der Waals surface area (Å²) in [5.74, 6) is 0.208. The van der Waals surface area contributed by atoms with Crippen molar-refractivity contribution in [2.75, 3.05) is 7.11 Å². The molecule has 0 saturated heterocycles. The molecule has 0 radical (unpaired) electrons. The van der Waals surface area contributed by atoms with Gasteiger partial charge in [0, 0.05) is 15.8 Å². The van der Waals surface area contributed by atoms with Crippen LogP contribution in [0, 0.1) is 6.92 Å². The summed E-state index contributed by atoms with van der Waals surface area (Å²) in [6.45, 7) is 1.70. The number of imidazole rings is 1. The second kappa shape index (κ2) is 8.27. The minimum atomic E-state index is -4.41. The van der Waals surface area contributed by atoms with E-state index >= 15 is 0 Å². The number of benzene rings is 2. The maximum Gasteiger partial charge on any atom is 0.446 e. The molecule has 0 unspecified atom stereocenters. The molecule has 4 rings (SSSR count). The third-order valence-electron chi connectivity index (χ3n) is 5.07. The van der Waals surface area contributed by atoms with Crippen molar-refractivity contribution in [1.82, 2.24) is 14.1 Å². The molecular formula is C22H18F3N3O3S. The second-order valence-corrected chi connectivity index (χ2v) is 8.12. The minimum absolute atomic E-state index is 0.0158. The van der Waals surface area contributed by atoms with Crippen LogP contribution in [0.3, 0.4) is 0 Å². The molecule has 0 saturated carbocycles. The zero-order valence-corrected chi connectivity index (χ0v) is 17.9. The number of halogens is 3. The number of para-hydroxylation sites is 1. The van der Waals surface area contributed by atoms with Gasteiger partial charge < -0.3 is 9.84 Å². The quantitative estimate of drug-likeness (QED) is 0.430. The molecule has 10 heteroatoms. The largest absolute Gasteiger partial charge is 0.495 e. The lowest BCUT2D eigenvalue weighted by Crippen LogP contribution is -2.24. The van der Waals surface area contributed by atoms with Crippen LogP contribution in [-0.2, 0) is 6.54 Å². The van der Waals surface area contributed by atoms with Crippen LogP contribution in [0.25, 0.3) is 16.6 Å². The maximum atomic E-state index is 13.2. The van der Waals surface area contributed by atoms with Crippen LogP contribution in [0.4, 0.5) is 13.2 Å². The van der Waals surface area contributed by atoms with Crippen molar-refractivity contribution in [3.05, 3.63) is 76.5 Å². The molecule has 0 atom stereocenters. The van der Waals surface area contributed by atoms with E-state index in [0.717, 1.165) is 21.0 Å². The van der Waals surface area contributed by atoms with Gasteiger partial charge in [-0.05, 0) is 49.0 Å². The molecule has 166 valence electrons. The Morgan fingerprint density at radius 2 is 1.81 bits per heavy atom. The first-order chi connectivity index (χ1) is 15.2. The first-order valence-corrected chi connectivity index (χ1v) is 10.3. The van der Waals surface area contributed by atoms with E-state index in [1.807, 2.05) is 24.3 Å². The fraction of sp³-hybridized carbons (Fsp3) is 0.182. The van der Waals surface area contributed by atoms with Gasteiger partial charge in [-0.1, -0.05) is 18.2 Å². The Labute approximate surface area is 184 Å². The number of aromatic nitrogens is 3. The standard InChI is InChI=1S/C22H18F3N3O3S/c1-13-20(29)28(14-7-9-15(10-8-14)32-22(23,24)25)21(30)27(13)12-17-16-5-3-4-6-18(16)26-11-19(17)31-2/h3-11,29H,12H2,1-2H3. The van der Waals surface area contributed by atoms with E-state index < -0.39 is 11.2 Å². The summed E-state index contributed by atoms with van der Waals surface area (Å²) in [5.41, 5.74) is -2.92. The number of alkyl halides is 3. The third kappa shape index (κ3) is 4.05. The molecule has 6 nitrogen and oxygen atoms in total. The number of rotatable bonds is 5. The summed E-state index contributed by atoms with van der Waals surface area (Å²) in [4.78, 5) is 17.5. The molecule has 0 aliphatic carbocycles. The average Bonchev–Trinajstić information content (AvgIpc) is 2.96. The van der Waals surface area contributed by atoms with Crippen LogP contribution in [0.2, 0.25) is 0 Å². The number of fused-ring (bicyclic) bond motifs is 1. The fourth-order valence-electron chi connectivity index (χ4n) is 3.53. The molecule has 2 aromatic carbocycles. The highest BCUT2D eigenvalue weighted by molar-refractivity contribution is 8.00. The number of hydrogen-bond donors (Lipinski definition) is 1. The van der Waals surface area contributed by atoms with Gasteiger partial charge in [-0.2, -0.15) is 13.2 Å². The SMILES string of the molecule is COc1cnc2ccccc2c1Cn1c(C)c(O)n(-c2ccc(SC(F)(F)F)cc2)c1=O. The number of thioether (sulfide) groups is 1. The van der Waals surface area contributed by atoms with Crippen molar-refractivity contribution >= 4 is 22.7 Å². The summed E-state index contributed by atoms with van der Waals surface area (Å²) >= 11 is -0.247. The van der Waals surface area contributed by atoms with Gasteiger partial charge in [-0.25, -0.2) is 9.36 Å². The highest BCUT2D eigenvalue weighted by Crippen LogP contribution is 2.37. The summed E-state index contributed by atoms with van der Waals surface area (Å²) in [6.07, 6.45) is 1.58. The van der Waals surface area contributed by atoms with Crippen LogP contribution in [0.1, 0.15) is 11.3 Å². The molecule has 4 aromatic rings. The van der Waals surface area contributed by atoms with E-state index in [2.05, 4.69) is 4.98 Å². The van der Waals surface area contributed by atoms with Gasteiger partial charge in [0.05, 0.1) is 36.7 Å². The molecule has 0 spiro atoms. The molecule has 2 aromatic heterocycles. The molecule has 2 heterocycles. The Hall–Kier alpha value is -3.40. The van der Waals surface area contributed by atoms with Crippen molar-refractivity contribution < 1.29 is 23.0 Å². The lowest BCUT2D eigenvalue weighted by atomic mass is 10.1. The van der Waals surface area contributed by atoms with Gasteiger partial charge in [0.1, 0.15) is 5.75 Å². The molecule has 0 aliphatic rings. The summed E-state index contributed by atoms with van der Waals surface area (Å²) in [5, 5.41) is 11.4. The lowest BCUT2D eigenvalue weighted by molar-refractivity contribution is -0.0328. The smallest absolute Gasteiger partial charge is 0.446 e. The second-order valence-electron chi connectivity index (χ2n) is 6.98. The molecule has 1 N–H and O–H groups in total. The zero-order valence-electron chi connectivity index (χ0n) is 17.1. The molecule has 0 amide bonds. The predicted octanol–water partition coefficient (Wildman–Crippen LogP) is 4.87. The van der Waals surface area contributed by atoms with E-state index in [0.29, 0.717) is 11.4 Å². The van der Waals surface area contributed by atoms with Crippen molar-refractivity contribution in [2.45, 2.75) is 23.9 Å². The Morgan fingerprint density at radius 3 is 2.47 bits per heavy atom. The van der Waals surface area contributed by atoms with E-state index in [1.165, 1.54) is 35.9 Å². The highest BCUT2D eigenvalue weighted by Gasteiger charge is 2.29. The summed E-state index contributed by atoms with van der Waals surface area (Å²) in [7, 11) is 1.51. The topological polar surface area (TPSA) is 69.3 Å². The van der Waals surface area contributed by atoms with E-state index in [4.69, 9.17) is 4.74 Å². The van der Waals surface area contributed by atoms with Gasteiger partial charge in [0.15, 0.2) is 0 Å². The van der Waals surface area contributed by atoms with Gasteiger partial charge in [0.25, 0.3) is 0 Å². The fourth-order valence-corrected chi connectivity index (χ4v) is 4.07. The third-order valence-corrected chi connectivity index (χ3v) is 5.81. The monoisotopic (exact) mass is 461 g/mol. The van der Waals surface area contributed by atoms with E-state index in [1.54, 1.807) is 13.1 Å². The Morgan fingerprint density at radius 1 is 1.12 bits per heavy atom. The van der Waals surface area contributed by atoms with Gasteiger partial charge in [-0.15, -0.1) is 0 Å². The number of hydrogen-bond acceptors (Lipinski definition) is 5. The van der Waals surface area contributed by atoms with Crippen molar-refractivity contribution in [3.63, 3.8) is 0 Å². The Bertz CT molecular complexity index is 1350. The summed E-state index contributed by atoms with van der Waals surface area (Å²) in [6, 6.07) is 12.7.